The van der Waals surface area contributed by atoms with Gasteiger partial charge in [0, 0.05) is 27.1 Å². The highest BCUT2D eigenvalue weighted by molar-refractivity contribution is 5.14. The number of fused-ring (bicyclic) bond motifs is 2. The molecule has 0 bridgehead atoms. The fourth-order valence-electron chi connectivity index (χ4n) is 4.66. The summed E-state index contributed by atoms with van der Waals surface area (Å²) in [6.45, 7) is 1.53. The maximum absolute atomic E-state index is 15.9. The van der Waals surface area contributed by atoms with Gasteiger partial charge < -0.3 is 28.4 Å². The van der Waals surface area contributed by atoms with Crippen molar-refractivity contribution in [2.24, 2.45) is 0 Å². The molecule has 1 aromatic carbocycles. The van der Waals surface area contributed by atoms with E-state index in [4.69, 9.17) is 28.4 Å². The van der Waals surface area contributed by atoms with E-state index in [0.717, 1.165) is 18.4 Å². The molecule has 0 amide bonds. The van der Waals surface area contributed by atoms with Gasteiger partial charge in [0.1, 0.15) is 6.10 Å². The second-order valence-corrected chi connectivity index (χ2v) is 7.88. The van der Waals surface area contributed by atoms with Crippen molar-refractivity contribution in [3.05, 3.63) is 35.9 Å². The molecule has 0 aromatic heterocycles. The van der Waals surface area contributed by atoms with E-state index in [1.54, 1.807) is 31.2 Å². The summed E-state index contributed by atoms with van der Waals surface area (Å²) in [5.74, 6) is -5.37. The molecule has 1 saturated carbocycles. The summed E-state index contributed by atoms with van der Waals surface area (Å²) in [5, 5.41) is 0. The monoisotopic (exact) mass is 414 g/mol. The fraction of sp³-hybridized carbons (Fsp3) is 0.714. The summed E-state index contributed by atoms with van der Waals surface area (Å²) >= 11 is 0. The molecule has 1 aromatic rings. The Morgan fingerprint density at radius 2 is 1.66 bits per heavy atom. The molecule has 0 radical (unpaired) electrons. The summed E-state index contributed by atoms with van der Waals surface area (Å²) < 4.78 is 65.2. The van der Waals surface area contributed by atoms with Crippen LogP contribution >= 0.6 is 0 Å². The van der Waals surface area contributed by atoms with Crippen LogP contribution in [0.4, 0.5) is 8.78 Å². The van der Waals surface area contributed by atoms with Gasteiger partial charge in [-0.05, 0) is 25.3 Å². The van der Waals surface area contributed by atoms with Crippen LogP contribution in [0, 0.1) is 0 Å². The van der Waals surface area contributed by atoms with Gasteiger partial charge in [0.2, 0.25) is 11.6 Å². The average Bonchev–Trinajstić information content (AvgIpc) is 3.00. The first-order valence-corrected chi connectivity index (χ1v) is 10.0. The number of methoxy groups -OCH3 is 2. The van der Waals surface area contributed by atoms with Gasteiger partial charge in [0.25, 0.3) is 12.2 Å². The Morgan fingerprint density at radius 1 is 1.03 bits per heavy atom. The van der Waals surface area contributed by atoms with Crippen molar-refractivity contribution >= 4 is 0 Å². The number of ether oxygens (including phenoxy) is 6. The zero-order valence-corrected chi connectivity index (χ0v) is 16.9. The van der Waals surface area contributed by atoms with Crippen molar-refractivity contribution in [3.63, 3.8) is 0 Å². The lowest BCUT2D eigenvalue weighted by Gasteiger charge is -2.56. The van der Waals surface area contributed by atoms with E-state index in [2.05, 4.69) is 0 Å². The van der Waals surface area contributed by atoms with Gasteiger partial charge in [0.15, 0.2) is 6.10 Å². The van der Waals surface area contributed by atoms with Crippen LogP contribution in [0.25, 0.3) is 0 Å². The van der Waals surface area contributed by atoms with Crippen molar-refractivity contribution < 1.29 is 37.2 Å². The molecule has 29 heavy (non-hydrogen) atoms. The number of benzene rings is 1. The van der Waals surface area contributed by atoms with Crippen LogP contribution in [0.2, 0.25) is 0 Å². The van der Waals surface area contributed by atoms with Crippen LogP contribution in [0.1, 0.15) is 38.2 Å². The first-order chi connectivity index (χ1) is 13.9. The van der Waals surface area contributed by atoms with Crippen LogP contribution in [-0.4, -0.2) is 56.3 Å². The molecule has 4 rings (SSSR count). The molecule has 8 heteroatoms. The molecule has 3 aliphatic rings. The summed E-state index contributed by atoms with van der Waals surface area (Å²) in [6.07, 6.45) is -2.74. The standard InChI is InChI=1S/C21H28F2O6/c1-14-16-17(29-20(25-3)12-8-7-11-19(20,24-2)28-16)21(23,27-14)18(22)26-13-15-9-5-4-6-10-15/h4-6,9-10,14,16-18H,7-8,11-13H2,1-3H3/t14-,16-,17+,18?,19+,20+,21+/m0/s1. The maximum atomic E-state index is 15.9. The molecule has 1 aliphatic carbocycles. The van der Waals surface area contributed by atoms with Crippen molar-refractivity contribution in [2.45, 2.75) is 81.3 Å². The molecule has 6 nitrogen and oxygen atoms in total. The molecular weight excluding hydrogens is 386 g/mol. The zero-order valence-electron chi connectivity index (χ0n) is 16.9. The molecule has 0 N–H and O–H groups in total. The maximum Gasteiger partial charge on any atom is 0.295 e. The lowest BCUT2D eigenvalue weighted by Crippen LogP contribution is -2.71. The van der Waals surface area contributed by atoms with Gasteiger partial charge in [-0.1, -0.05) is 30.3 Å². The molecule has 2 saturated heterocycles. The topological polar surface area (TPSA) is 55.4 Å². The Balaban J connectivity index is 1.57. The number of hydrogen-bond acceptors (Lipinski definition) is 6. The third-order valence-electron chi connectivity index (χ3n) is 6.21. The van der Waals surface area contributed by atoms with Crippen LogP contribution in [-0.2, 0) is 35.0 Å². The molecule has 7 atom stereocenters. The smallest absolute Gasteiger partial charge is 0.295 e. The third kappa shape index (κ3) is 3.30. The summed E-state index contributed by atoms with van der Waals surface area (Å²) in [6, 6.07) is 8.98. The van der Waals surface area contributed by atoms with E-state index in [-0.39, 0.29) is 6.61 Å². The zero-order chi connectivity index (χ0) is 20.7. The molecule has 162 valence electrons. The Labute approximate surface area is 169 Å². The summed E-state index contributed by atoms with van der Waals surface area (Å²) in [7, 11) is 2.97. The number of alkyl halides is 2. The SMILES string of the molecule is CO[C@@]12CCCC[C@@]1(OC)O[C@@H]1[C@@H](O2)[C@H](C)O[C@@]1(F)C(F)OCc1ccccc1. The number of halogens is 2. The summed E-state index contributed by atoms with van der Waals surface area (Å²) in [5.41, 5.74) is 0.723. The van der Waals surface area contributed by atoms with Gasteiger partial charge >= 0.3 is 0 Å². The minimum Gasteiger partial charge on any atom is -0.349 e. The van der Waals surface area contributed by atoms with E-state index < -0.39 is 42.1 Å². The Hall–Kier alpha value is -1.16. The lowest BCUT2D eigenvalue weighted by molar-refractivity contribution is -0.476. The Bertz CT molecular complexity index is 708. The molecule has 1 unspecified atom stereocenters. The molecule has 0 spiro atoms. The van der Waals surface area contributed by atoms with E-state index in [0.29, 0.717) is 12.8 Å². The minimum atomic E-state index is -2.83. The normalized spacial score (nSPS) is 42.9. The predicted octanol–water partition coefficient (Wildman–Crippen LogP) is 3.63. The van der Waals surface area contributed by atoms with Gasteiger partial charge in [-0.3, -0.25) is 0 Å². The van der Waals surface area contributed by atoms with E-state index in [1.807, 2.05) is 6.07 Å². The highest BCUT2D eigenvalue weighted by Crippen LogP contribution is 2.54. The van der Waals surface area contributed by atoms with Gasteiger partial charge in [-0.15, -0.1) is 0 Å². The number of rotatable bonds is 6. The van der Waals surface area contributed by atoms with Crippen LogP contribution in [0.5, 0.6) is 0 Å². The van der Waals surface area contributed by atoms with Crippen LogP contribution in [0.15, 0.2) is 30.3 Å². The van der Waals surface area contributed by atoms with Crippen molar-refractivity contribution in [1.82, 2.24) is 0 Å². The fourth-order valence-corrected chi connectivity index (χ4v) is 4.66. The average molecular weight is 414 g/mol. The molecular formula is C21H28F2O6. The number of hydrogen-bond donors (Lipinski definition) is 0. The largest absolute Gasteiger partial charge is 0.349 e. The van der Waals surface area contributed by atoms with E-state index in [1.165, 1.54) is 14.2 Å². The molecule has 3 fully saturated rings. The predicted molar refractivity (Wildman–Crippen MR) is 98.2 cm³/mol. The van der Waals surface area contributed by atoms with Crippen molar-refractivity contribution in [3.8, 4) is 0 Å². The van der Waals surface area contributed by atoms with Crippen LogP contribution in [0.3, 0.4) is 0 Å². The second kappa shape index (κ2) is 7.83. The minimum absolute atomic E-state index is 0.0961. The van der Waals surface area contributed by atoms with Crippen molar-refractivity contribution in [2.75, 3.05) is 14.2 Å². The Kier molecular flexibility index (Phi) is 5.69. The van der Waals surface area contributed by atoms with Gasteiger partial charge in [-0.2, -0.15) is 0 Å². The summed E-state index contributed by atoms with van der Waals surface area (Å²) in [4.78, 5) is 0. The highest BCUT2D eigenvalue weighted by atomic mass is 19.2. The van der Waals surface area contributed by atoms with Gasteiger partial charge in [0.05, 0.1) is 12.7 Å². The lowest BCUT2D eigenvalue weighted by atomic mass is 9.84. The second-order valence-electron chi connectivity index (χ2n) is 7.88. The Morgan fingerprint density at radius 3 is 2.28 bits per heavy atom. The highest BCUT2D eigenvalue weighted by Gasteiger charge is 2.72. The molecule has 2 heterocycles. The first kappa shape index (κ1) is 21.1. The molecule has 2 aliphatic heterocycles. The van der Waals surface area contributed by atoms with E-state index in [9.17, 15) is 0 Å². The van der Waals surface area contributed by atoms with Crippen LogP contribution < -0.4 is 0 Å². The third-order valence-corrected chi connectivity index (χ3v) is 6.21. The first-order valence-electron chi connectivity index (χ1n) is 10.0. The quantitative estimate of drug-likeness (QED) is 0.709. The van der Waals surface area contributed by atoms with Gasteiger partial charge in [-0.25, -0.2) is 8.78 Å². The van der Waals surface area contributed by atoms with E-state index >= 15 is 8.78 Å². The van der Waals surface area contributed by atoms with Crippen molar-refractivity contribution in [1.29, 1.82) is 0 Å².